The predicted octanol–water partition coefficient (Wildman–Crippen LogP) is 4.11. The number of nitrogens with zero attached hydrogens (tertiary/aromatic N) is 3. The highest BCUT2D eigenvalue weighted by atomic mass is 19.1. The Balaban J connectivity index is 1.72. The molecule has 1 aromatic carbocycles. The monoisotopic (exact) mass is 469 g/mol. The number of piperazine rings is 1. The van der Waals surface area contributed by atoms with Gasteiger partial charge in [0.1, 0.15) is 11.6 Å². The molecular formula is C24H28FN5O4. The summed E-state index contributed by atoms with van der Waals surface area (Å²) >= 11 is 0. The maximum Gasteiger partial charge on any atom is 0.409 e. The second-order valence-electron chi connectivity index (χ2n) is 8.40. The number of hydrogen-bond acceptors (Lipinski definition) is 7. The number of carbonyl (C=O) groups is 2. The van der Waals surface area contributed by atoms with Gasteiger partial charge in [0.05, 0.1) is 17.9 Å². The van der Waals surface area contributed by atoms with Crippen LogP contribution in [-0.2, 0) is 4.74 Å². The maximum atomic E-state index is 13.4. The summed E-state index contributed by atoms with van der Waals surface area (Å²) in [7, 11) is 0. The van der Waals surface area contributed by atoms with E-state index in [1.807, 2.05) is 4.90 Å². The van der Waals surface area contributed by atoms with E-state index in [4.69, 9.17) is 10.1 Å². The highest BCUT2D eigenvalue weighted by Crippen LogP contribution is 2.37. The lowest BCUT2D eigenvalue weighted by Crippen LogP contribution is -2.49. The van der Waals surface area contributed by atoms with Crippen molar-refractivity contribution < 1.29 is 23.8 Å². The summed E-state index contributed by atoms with van der Waals surface area (Å²) in [5.74, 6) is -1.24. The fraction of sp³-hybridized carbons (Fsp3) is 0.417. The first-order valence-electron chi connectivity index (χ1n) is 11.4. The Bertz CT molecular complexity index is 1080. The van der Waals surface area contributed by atoms with Gasteiger partial charge in [-0.2, -0.15) is 0 Å². The van der Waals surface area contributed by atoms with Crippen molar-refractivity contribution in [3.8, 4) is 0 Å². The molecule has 0 bridgehead atoms. The number of aromatic nitrogens is 1. The van der Waals surface area contributed by atoms with Crippen LogP contribution in [0.2, 0.25) is 0 Å². The molecule has 2 aliphatic rings. The molecule has 34 heavy (non-hydrogen) atoms. The van der Waals surface area contributed by atoms with Crippen molar-refractivity contribution in [1.82, 2.24) is 9.88 Å². The van der Waals surface area contributed by atoms with Gasteiger partial charge in [-0.3, -0.25) is 0 Å². The number of benzene rings is 1. The molecule has 2 aromatic rings. The van der Waals surface area contributed by atoms with Gasteiger partial charge in [0.15, 0.2) is 5.69 Å². The molecule has 2 fully saturated rings. The number of halogens is 1. The van der Waals surface area contributed by atoms with E-state index in [1.54, 1.807) is 24.0 Å². The Morgan fingerprint density at radius 2 is 1.88 bits per heavy atom. The zero-order valence-electron chi connectivity index (χ0n) is 19.0. The standard InChI is InChI=1S/C24H28FN5O4/c1-2-34-24(33)30-12-10-29(11-13-30)19-14-18(23(31)32)28-22(20(19)21(26)15-4-3-5-15)27-17-8-6-16(25)7-9-17/h6-9,14-15,26H,2-5,10-13H2,1H3,(H,27,28)(H,31,32). The van der Waals surface area contributed by atoms with Crippen molar-refractivity contribution in [3.05, 3.63) is 47.4 Å². The van der Waals surface area contributed by atoms with Crippen LogP contribution in [0.5, 0.6) is 0 Å². The van der Waals surface area contributed by atoms with Gasteiger partial charge >= 0.3 is 12.1 Å². The van der Waals surface area contributed by atoms with E-state index in [9.17, 15) is 19.1 Å². The lowest BCUT2D eigenvalue weighted by Gasteiger charge is -2.37. The largest absolute Gasteiger partial charge is 0.477 e. The zero-order valence-corrected chi connectivity index (χ0v) is 19.0. The molecular weight excluding hydrogens is 441 g/mol. The molecule has 2 heterocycles. The molecule has 9 nitrogen and oxygen atoms in total. The highest BCUT2D eigenvalue weighted by molar-refractivity contribution is 6.10. The van der Waals surface area contributed by atoms with Crippen LogP contribution >= 0.6 is 0 Å². The Kier molecular flexibility index (Phi) is 6.95. The van der Waals surface area contributed by atoms with Crippen molar-refractivity contribution >= 4 is 35.0 Å². The molecule has 180 valence electrons. The molecule has 1 saturated heterocycles. The second kappa shape index (κ2) is 10.1. The predicted molar refractivity (Wildman–Crippen MR) is 126 cm³/mol. The third kappa shape index (κ3) is 4.95. The van der Waals surface area contributed by atoms with E-state index in [0.717, 1.165) is 19.3 Å². The summed E-state index contributed by atoms with van der Waals surface area (Å²) in [6.07, 6.45) is 2.46. The molecule has 10 heteroatoms. The van der Waals surface area contributed by atoms with Crippen molar-refractivity contribution in [1.29, 1.82) is 5.41 Å². The van der Waals surface area contributed by atoms with Crippen LogP contribution in [-0.4, -0.2) is 65.6 Å². The van der Waals surface area contributed by atoms with Gasteiger partial charge in [0.25, 0.3) is 0 Å². The van der Waals surface area contributed by atoms with Gasteiger partial charge in [-0.15, -0.1) is 0 Å². The van der Waals surface area contributed by atoms with Gasteiger partial charge in [-0.05, 0) is 50.1 Å². The van der Waals surface area contributed by atoms with Gasteiger partial charge in [-0.1, -0.05) is 6.42 Å². The van der Waals surface area contributed by atoms with E-state index in [1.165, 1.54) is 18.2 Å². The number of nitrogens with one attached hydrogen (secondary N) is 2. The average Bonchev–Trinajstić information content (AvgIpc) is 2.79. The number of ether oxygens (including phenoxy) is 1. The Morgan fingerprint density at radius 1 is 1.21 bits per heavy atom. The second-order valence-corrected chi connectivity index (χ2v) is 8.40. The van der Waals surface area contributed by atoms with Crippen molar-refractivity contribution in [2.24, 2.45) is 5.92 Å². The van der Waals surface area contributed by atoms with Gasteiger partial charge < -0.3 is 30.4 Å². The van der Waals surface area contributed by atoms with Crippen molar-refractivity contribution in [2.45, 2.75) is 26.2 Å². The molecule has 1 aliphatic carbocycles. The third-order valence-electron chi connectivity index (χ3n) is 6.25. The summed E-state index contributed by atoms with van der Waals surface area (Å²) in [5.41, 5.74) is 1.93. The first kappa shape index (κ1) is 23.5. The van der Waals surface area contributed by atoms with Gasteiger partial charge in [0.2, 0.25) is 0 Å². The molecule has 0 spiro atoms. The number of carboxylic acid groups (broad SMARTS) is 1. The number of hydrogen-bond donors (Lipinski definition) is 3. The first-order valence-corrected chi connectivity index (χ1v) is 11.4. The first-order chi connectivity index (χ1) is 16.4. The number of aromatic carboxylic acids is 1. The van der Waals surface area contributed by atoms with Crippen LogP contribution in [0.4, 0.5) is 26.4 Å². The smallest absolute Gasteiger partial charge is 0.409 e. The molecule has 4 rings (SSSR count). The van der Waals surface area contributed by atoms with E-state index in [-0.39, 0.29) is 29.3 Å². The fourth-order valence-corrected chi connectivity index (χ4v) is 4.16. The SMILES string of the molecule is CCOC(=O)N1CCN(c2cc(C(=O)O)nc(Nc3ccc(F)cc3)c2C(=N)C2CCC2)CC1. The minimum absolute atomic E-state index is 0.0748. The van der Waals surface area contributed by atoms with Crippen LogP contribution in [0.3, 0.4) is 0 Å². The molecule has 1 amide bonds. The minimum atomic E-state index is -1.18. The number of anilines is 3. The van der Waals surface area contributed by atoms with E-state index in [0.29, 0.717) is 55.4 Å². The summed E-state index contributed by atoms with van der Waals surface area (Å²) in [5, 5.41) is 21.8. The molecule has 0 radical (unpaired) electrons. The summed E-state index contributed by atoms with van der Waals surface area (Å²) in [6.45, 7) is 3.81. The lowest BCUT2D eigenvalue weighted by atomic mass is 9.79. The molecule has 1 aliphatic heterocycles. The number of carbonyl (C=O) groups excluding carboxylic acids is 1. The van der Waals surface area contributed by atoms with Crippen molar-refractivity contribution in [3.63, 3.8) is 0 Å². The number of amides is 1. The summed E-state index contributed by atoms with van der Waals surface area (Å²) in [4.78, 5) is 31.9. The van der Waals surface area contributed by atoms with Crippen LogP contribution in [0.1, 0.15) is 42.2 Å². The molecule has 0 unspecified atom stereocenters. The van der Waals surface area contributed by atoms with Crippen molar-refractivity contribution in [2.75, 3.05) is 43.0 Å². The van der Waals surface area contributed by atoms with E-state index < -0.39 is 5.97 Å². The van der Waals surface area contributed by atoms with Crippen LogP contribution in [0.25, 0.3) is 0 Å². The lowest BCUT2D eigenvalue weighted by molar-refractivity contribution is 0.0690. The Labute approximate surface area is 197 Å². The van der Waals surface area contributed by atoms with Crippen LogP contribution in [0.15, 0.2) is 30.3 Å². The Morgan fingerprint density at radius 3 is 2.44 bits per heavy atom. The molecule has 3 N–H and O–H groups in total. The van der Waals surface area contributed by atoms with Crippen LogP contribution < -0.4 is 10.2 Å². The maximum absolute atomic E-state index is 13.4. The molecule has 0 atom stereocenters. The summed E-state index contributed by atoms with van der Waals surface area (Å²) in [6, 6.07) is 7.18. The van der Waals surface area contributed by atoms with E-state index >= 15 is 0 Å². The topological polar surface area (TPSA) is 119 Å². The summed E-state index contributed by atoms with van der Waals surface area (Å²) < 4.78 is 18.5. The van der Waals surface area contributed by atoms with Gasteiger partial charge in [0, 0.05) is 43.5 Å². The number of pyridine rings is 1. The number of carboxylic acids is 1. The average molecular weight is 470 g/mol. The minimum Gasteiger partial charge on any atom is -0.477 e. The van der Waals surface area contributed by atoms with E-state index in [2.05, 4.69) is 10.3 Å². The fourth-order valence-electron chi connectivity index (χ4n) is 4.16. The Hall–Kier alpha value is -3.69. The van der Waals surface area contributed by atoms with Gasteiger partial charge in [-0.25, -0.2) is 19.0 Å². The molecule has 1 saturated carbocycles. The normalized spacial score (nSPS) is 16.1. The highest BCUT2D eigenvalue weighted by Gasteiger charge is 2.32. The zero-order chi connectivity index (χ0) is 24.2. The number of rotatable bonds is 7. The quantitative estimate of drug-likeness (QED) is 0.522. The third-order valence-corrected chi connectivity index (χ3v) is 6.25. The molecule has 1 aromatic heterocycles. The van der Waals surface area contributed by atoms with Crippen LogP contribution in [0, 0.1) is 17.1 Å².